The van der Waals surface area contributed by atoms with Gasteiger partial charge in [0.05, 0.1) is 0 Å². The molecule has 148 valence electrons. The second-order valence-electron chi connectivity index (χ2n) is 7.67. The van der Waals surface area contributed by atoms with Crippen LogP contribution in [0.3, 0.4) is 0 Å². The average Bonchev–Trinajstić information content (AvgIpc) is 3.31. The van der Waals surface area contributed by atoms with Crippen molar-refractivity contribution >= 4 is 23.1 Å². The minimum atomic E-state index is 0. The monoisotopic (exact) mass is 378 g/mol. The first kappa shape index (κ1) is 26.5. The Labute approximate surface area is 186 Å². The first-order chi connectivity index (χ1) is 12.7. The summed E-state index contributed by atoms with van der Waals surface area (Å²) in [6, 6.07) is 13.9. The van der Waals surface area contributed by atoms with Crippen LogP contribution in [-0.4, -0.2) is 23.1 Å². The van der Waals surface area contributed by atoms with Gasteiger partial charge in [0.2, 0.25) is 0 Å². The van der Waals surface area contributed by atoms with Gasteiger partial charge in [-0.25, -0.2) is 12.1 Å². The number of unbranched alkanes of at least 4 members (excludes halogenated alkanes) is 4. The summed E-state index contributed by atoms with van der Waals surface area (Å²) in [5.41, 5.74) is 6.14. The van der Waals surface area contributed by atoms with Crippen LogP contribution < -0.4 is 0 Å². The van der Waals surface area contributed by atoms with Crippen molar-refractivity contribution in [2.24, 2.45) is 0 Å². The predicted molar refractivity (Wildman–Crippen MR) is 124 cm³/mol. The minimum Gasteiger partial charge on any atom is -0.210 e. The maximum absolute atomic E-state index is 2.38. The molecule has 0 radical (unpaired) electrons. The molecular weight excluding hydrogens is 337 g/mol. The Morgan fingerprint density at radius 2 is 0.963 bits per heavy atom. The summed E-state index contributed by atoms with van der Waals surface area (Å²) in [5, 5.41) is 0. The first-order valence-electron chi connectivity index (χ1n) is 11.2. The van der Waals surface area contributed by atoms with Crippen molar-refractivity contribution < 1.29 is 0 Å². The molecule has 0 bridgehead atoms. The molecule has 0 aromatic heterocycles. The van der Waals surface area contributed by atoms with Crippen LogP contribution in [0.15, 0.2) is 36.4 Å². The van der Waals surface area contributed by atoms with Crippen LogP contribution in [0.25, 0.3) is 0 Å². The van der Waals surface area contributed by atoms with E-state index in [0.29, 0.717) is 0 Å². The quantitative estimate of drug-likeness (QED) is 0.261. The van der Waals surface area contributed by atoms with E-state index in [1.165, 1.54) is 99.3 Å². The van der Waals surface area contributed by atoms with Crippen molar-refractivity contribution in [3.63, 3.8) is 0 Å². The van der Waals surface area contributed by atoms with Gasteiger partial charge in [0, 0.05) is 0 Å². The van der Waals surface area contributed by atoms with Crippen molar-refractivity contribution in [2.45, 2.75) is 105 Å². The number of rotatable bonds is 12. The second kappa shape index (κ2) is 17.6. The number of aryl methyl sites for hydroxylation is 4. The zero-order valence-electron chi connectivity index (χ0n) is 18.7. The van der Waals surface area contributed by atoms with Crippen LogP contribution in [-0.2, 0) is 25.7 Å². The molecule has 0 saturated heterocycles. The summed E-state index contributed by atoms with van der Waals surface area (Å²) >= 11 is 0. The summed E-state index contributed by atoms with van der Waals surface area (Å²) in [7, 11) is 0. The molecule has 0 nitrogen and oxygen atoms in total. The van der Waals surface area contributed by atoms with Gasteiger partial charge in [0.15, 0.2) is 0 Å². The Hall–Kier alpha value is -0.534. The molecule has 27 heavy (non-hydrogen) atoms. The molecule has 0 fully saturated rings. The Morgan fingerprint density at radius 3 is 1.30 bits per heavy atom. The van der Waals surface area contributed by atoms with Crippen LogP contribution in [0.5, 0.6) is 0 Å². The van der Waals surface area contributed by atoms with Crippen molar-refractivity contribution in [2.75, 3.05) is 0 Å². The Morgan fingerprint density at radius 1 is 0.593 bits per heavy atom. The molecule has 1 heteroatoms. The topological polar surface area (TPSA) is 0 Å². The molecule has 0 heterocycles. The van der Waals surface area contributed by atoms with Gasteiger partial charge in [0.25, 0.3) is 0 Å². The largest absolute Gasteiger partial charge is 2.00 e. The fraction of sp³-hybridized carbons (Fsp3) is 0.615. The first-order valence-corrected chi connectivity index (χ1v) is 11.2. The second-order valence-corrected chi connectivity index (χ2v) is 7.67. The smallest absolute Gasteiger partial charge is 0.210 e. The Balaban J connectivity index is 0.000000483. The molecular formula is C26H42Mg. The van der Waals surface area contributed by atoms with Crippen molar-refractivity contribution in [3.05, 3.63) is 58.7 Å². The Kier molecular flexibility index (Phi) is 17.2. The third kappa shape index (κ3) is 12.5. The maximum atomic E-state index is 2.38. The third-order valence-electron chi connectivity index (χ3n) is 5.04. The van der Waals surface area contributed by atoms with Crippen LogP contribution in [0.1, 0.15) is 101 Å². The van der Waals surface area contributed by atoms with Crippen LogP contribution in [0.4, 0.5) is 0 Å². The van der Waals surface area contributed by atoms with Gasteiger partial charge in [-0.1, -0.05) is 105 Å². The number of hydrogen-bond donors (Lipinski definition) is 0. The van der Waals surface area contributed by atoms with E-state index in [9.17, 15) is 0 Å². The van der Waals surface area contributed by atoms with Gasteiger partial charge in [-0.3, -0.25) is 0 Å². The van der Waals surface area contributed by atoms with Gasteiger partial charge in [-0.2, -0.15) is 46.5 Å². The summed E-state index contributed by atoms with van der Waals surface area (Å²) in [6.07, 6.45) is 15.6. The fourth-order valence-corrected chi connectivity index (χ4v) is 3.24. The van der Waals surface area contributed by atoms with E-state index in [2.05, 4.69) is 64.1 Å². The van der Waals surface area contributed by atoms with E-state index in [4.69, 9.17) is 0 Å². The van der Waals surface area contributed by atoms with Crippen LogP contribution in [0, 0.1) is 0 Å². The zero-order chi connectivity index (χ0) is 19.0. The van der Waals surface area contributed by atoms with E-state index in [1.807, 2.05) is 0 Å². The van der Waals surface area contributed by atoms with E-state index in [1.54, 1.807) is 0 Å². The molecule has 0 unspecified atom stereocenters. The molecule has 0 aliphatic carbocycles. The molecule has 0 aliphatic heterocycles. The molecule has 0 amide bonds. The molecule has 0 saturated carbocycles. The third-order valence-corrected chi connectivity index (χ3v) is 5.04. The van der Waals surface area contributed by atoms with E-state index < -0.39 is 0 Å². The summed E-state index contributed by atoms with van der Waals surface area (Å²) in [6.45, 7) is 9.00. The molecule has 0 N–H and O–H groups in total. The van der Waals surface area contributed by atoms with E-state index in [0.717, 1.165) is 0 Å². The predicted octanol–water partition coefficient (Wildman–Crippen LogP) is 7.80. The molecule has 2 aromatic rings. The average molecular weight is 379 g/mol. The maximum Gasteiger partial charge on any atom is 2.00 e. The zero-order valence-corrected chi connectivity index (χ0v) is 20.1. The van der Waals surface area contributed by atoms with Gasteiger partial charge in [-0.15, -0.1) is 0 Å². The summed E-state index contributed by atoms with van der Waals surface area (Å²) in [5.74, 6) is 0. The molecule has 2 rings (SSSR count). The number of hydrogen-bond acceptors (Lipinski definition) is 0. The standard InChI is InChI=1S/2C13H21.Mg/c2*1-3-5-7-12-9-10-13(11-12)8-6-4-2;/h2*9-11H,3-8H2,1-2H3;/q2*-1;+2. The van der Waals surface area contributed by atoms with Gasteiger partial charge in [-0.05, 0) is 0 Å². The molecule has 0 aliphatic rings. The normalized spacial score (nSPS) is 10.2. The van der Waals surface area contributed by atoms with Gasteiger partial charge < -0.3 is 0 Å². The van der Waals surface area contributed by atoms with Gasteiger partial charge in [0.1, 0.15) is 0 Å². The summed E-state index contributed by atoms with van der Waals surface area (Å²) in [4.78, 5) is 0. The SMILES string of the molecule is CCCCc1cc[c-](CCCC)c1.CCCCc1cc[c-](CCCC)c1.[Mg+2]. The van der Waals surface area contributed by atoms with Crippen molar-refractivity contribution in [3.8, 4) is 0 Å². The molecule has 2 aromatic carbocycles. The van der Waals surface area contributed by atoms with Crippen molar-refractivity contribution in [1.82, 2.24) is 0 Å². The fourth-order valence-electron chi connectivity index (χ4n) is 3.24. The Bertz CT molecular complexity index is 451. The molecule has 0 atom stereocenters. The van der Waals surface area contributed by atoms with Crippen molar-refractivity contribution in [1.29, 1.82) is 0 Å². The van der Waals surface area contributed by atoms with Crippen LogP contribution in [0.2, 0.25) is 0 Å². The van der Waals surface area contributed by atoms with Crippen LogP contribution >= 0.6 is 0 Å². The van der Waals surface area contributed by atoms with E-state index >= 15 is 0 Å². The molecule has 0 spiro atoms. The van der Waals surface area contributed by atoms with Gasteiger partial charge >= 0.3 is 23.1 Å². The summed E-state index contributed by atoms with van der Waals surface area (Å²) < 4.78 is 0. The van der Waals surface area contributed by atoms with E-state index in [-0.39, 0.29) is 23.1 Å². The minimum absolute atomic E-state index is 0.